The van der Waals surface area contributed by atoms with Crippen LogP contribution in [-0.4, -0.2) is 37.1 Å². The van der Waals surface area contributed by atoms with E-state index in [0.717, 1.165) is 0 Å². The monoisotopic (exact) mass is 362 g/mol. The van der Waals surface area contributed by atoms with Gasteiger partial charge in [0, 0.05) is 0 Å². The topological polar surface area (TPSA) is 103 Å². The molecule has 0 radical (unpaired) electrons. The molecule has 130 valence electrons. The van der Waals surface area contributed by atoms with Crippen LogP contribution in [0.25, 0.3) is 0 Å². The number of nitrogens with one attached hydrogen (secondary N) is 2. The largest absolute Gasteiger partial charge is 0.485 e. The highest BCUT2D eigenvalue weighted by Gasteiger charge is 2.27. The third-order valence-corrected chi connectivity index (χ3v) is 4.03. The van der Waals surface area contributed by atoms with Crippen LogP contribution in [0.15, 0.2) is 41.8 Å². The predicted octanol–water partition coefficient (Wildman–Crippen LogP) is 0.892. The van der Waals surface area contributed by atoms with E-state index in [1.165, 1.54) is 11.3 Å². The van der Waals surface area contributed by atoms with E-state index in [4.69, 9.17) is 14.2 Å². The third kappa shape index (κ3) is 4.27. The van der Waals surface area contributed by atoms with Crippen LogP contribution >= 0.6 is 11.3 Å². The van der Waals surface area contributed by atoms with E-state index in [-0.39, 0.29) is 6.61 Å². The highest BCUT2D eigenvalue weighted by molar-refractivity contribution is 7.11. The minimum Gasteiger partial charge on any atom is -0.485 e. The van der Waals surface area contributed by atoms with E-state index in [1.54, 1.807) is 41.8 Å². The molecule has 0 fully saturated rings. The standard InChI is InChI=1S/C16H14N2O6S/c19-14(9-23-16(21)13-6-3-7-25-13)17-18-15(20)12-8-22-10-4-1-2-5-11(10)24-12/h1-7,12H,8-9H2,(H,17,19)(H,18,20)/t12-/m0/s1. The molecule has 3 rings (SSSR count). The number of hydrogen-bond acceptors (Lipinski definition) is 7. The molecule has 0 spiro atoms. The maximum Gasteiger partial charge on any atom is 0.348 e. The number of hydrazine groups is 1. The van der Waals surface area contributed by atoms with Gasteiger partial charge in [0.25, 0.3) is 11.8 Å². The summed E-state index contributed by atoms with van der Waals surface area (Å²) < 4.78 is 15.7. The molecule has 0 bridgehead atoms. The number of esters is 1. The van der Waals surface area contributed by atoms with Crippen molar-refractivity contribution >= 4 is 29.1 Å². The molecule has 2 heterocycles. The van der Waals surface area contributed by atoms with Crippen LogP contribution in [0, 0.1) is 0 Å². The Bertz CT molecular complexity index is 777. The van der Waals surface area contributed by atoms with Crippen molar-refractivity contribution in [3.63, 3.8) is 0 Å². The summed E-state index contributed by atoms with van der Waals surface area (Å²) in [6.07, 6.45) is -0.899. The smallest absolute Gasteiger partial charge is 0.348 e. The summed E-state index contributed by atoms with van der Waals surface area (Å²) in [5.41, 5.74) is 4.37. The van der Waals surface area contributed by atoms with E-state index in [9.17, 15) is 14.4 Å². The molecule has 0 saturated heterocycles. The minimum atomic E-state index is -0.899. The predicted molar refractivity (Wildman–Crippen MR) is 87.2 cm³/mol. The number of ether oxygens (including phenoxy) is 3. The number of fused-ring (bicyclic) bond motifs is 1. The summed E-state index contributed by atoms with van der Waals surface area (Å²) in [6, 6.07) is 10.2. The van der Waals surface area contributed by atoms with Crippen molar-refractivity contribution in [2.75, 3.05) is 13.2 Å². The number of benzene rings is 1. The maximum absolute atomic E-state index is 12.0. The minimum absolute atomic E-state index is 0.0199. The fraction of sp³-hybridized carbons (Fsp3) is 0.188. The lowest BCUT2D eigenvalue weighted by molar-refractivity contribution is -0.135. The Kier molecular flexibility index (Phi) is 5.14. The maximum atomic E-state index is 12.0. The average Bonchev–Trinajstić information content (AvgIpc) is 3.18. The van der Waals surface area contributed by atoms with Crippen LogP contribution < -0.4 is 20.3 Å². The van der Waals surface area contributed by atoms with Crippen LogP contribution in [-0.2, 0) is 14.3 Å². The van der Waals surface area contributed by atoms with Gasteiger partial charge < -0.3 is 14.2 Å². The molecule has 2 aromatic rings. The van der Waals surface area contributed by atoms with Crippen LogP contribution in [0.4, 0.5) is 0 Å². The van der Waals surface area contributed by atoms with Gasteiger partial charge in [-0.15, -0.1) is 11.3 Å². The number of para-hydroxylation sites is 2. The van der Waals surface area contributed by atoms with Gasteiger partial charge in [0.15, 0.2) is 18.1 Å². The first kappa shape index (κ1) is 16.8. The van der Waals surface area contributed by atoms with Gasteiger partial charge in [0.05, 0.1) is 0 Å². The summed E-state index contributed by atoms with van der Waals surface area (Å²) in [6.45, 7) is -0.492. The van der Waals surface area contributed by atoms with Crippen molar-refractivity contribution in [2.45, 2.75) is 6.10 Å². The number of rotatable bonds is 4. The zero-order valence-corrected chi connectivity index (χ0v) is 13.7. The molecule has 0 aliphatic carbocycles. The van der Waals surface area contributed by atoms with Gasteiger partial charge in [-0.25, -0.2) is 4.79 Å². The molecule has 1 atom stereocenters. The fourth-order valence-electron chi connectivity index (χ4n) is 1.99. The number of thiophene rings is 1. The Balaban J connectivity index is 1.42. The van der Waals surface area contributed by atoms with Crippen molar-refractivity contribution in [2.24, 2.45) is 0 Å². The van der Waals surface area contributed by atoms with Gasteiger partial charge in [0.1, 0.15) is 11.5 Å². The van der Waals surface area contributed by atoms with E-state index in [0.29, 0.717) is 16.4 Å². The number of hydrogen-bond donors (Lipinski definition) is 2. The fourth-order valence-corrected chi connectivity index (χ4v) is 2.61. The summed E-state index contributed by atoms with van der Waals surface area (Å²) in [7, 11) is 0. The zero-order valence-electron chi connectivity index (χ0n) is 12.9. The average molecular weight is 362 g/mol. The second kappa shape index (κ2) is 7.67. The van der Waals surface area contributed by atoms with E-state index >= 15 is 0 Å². The molecule has 2 amide bonds. The Morgan fingerprint density at radius 2 is 1.92 bits per heavy atom. The van der Waals surface area contributed by atoms with Crippen LogP contribution in [0.5, 0.6) is 11.5 Å². The molecule has 25 heavy (non-hydrogen) atoms. The van der Waals surface area contributed by atoms with Gasteiger partial charge in [-0.2, -0.15) is 0 Å². The highest BCUT2D eigenvalue weighted by atomic mass is 32.1. The van der Waals surface area contributed by atoms with E-state index in [2.05, 4.69) is 10.9 Å². The molecule has 1 aromatic heterocycles. The van der Waals surface area contributed by atoms with Gasteiger partial charge in [-0.3, -0.25) is 20.4 Å². The first-order valence-electron chi connectivity index (χ1n) is 7.31. The van der Waals surface area contributed by atoms with E-state index < -0.39 is 30.5 Å². The number of carbonyl (C=O) groups is 3. The Hall–Kier alpha value is -3.07. The van der Waals surface area contributed by atoms with Gasteiger partial charge >= 0.3 is 5.97 Å². The molecule has 2 N–H and O–H groups in total. The lowest BCUT2D eigenvalue weighted by Crippen LogP contribution is -2.51. The van der Waals surface area contributed by atoms with Gasteiger partial charge in [0.2, 0.25) is 6.10 Å². The Morgan fingerprint density at radius 1 is 1.12 bits per heavy atom. The quantitative estimate of drug-likeness (QED) is 0.619. The van der Waals surface area contributed by atoms with Crippen molar-refractivity contribution in [1.29, 1.82) is 0 Å². The van der Waals surface area contributed by atoms with Crippen LogP contribution in [0.1, 0.15) is 9.67 Å². The SMILES string of the molecule is O=C(COC(=O)c1cccs1)NNC(=O)[C@@H]1COc2ccccc2O1. The third-order valence-electron chi connectivity index (χ3n) is 3.18. The molecule has 0 unspecified atom stereocenters. The van der Waals surface area contributed by atoms with Crippen LogP contribution in [0.3, 0.4) is 0 Å². The summed E-state index contributed by atoms with van der Waals surface area (Å²) >= 11 is 1.21. The lowest BCUT2D eigenvalue weighted by Gasteiger charge is -2.25. The van der Waals surface area contributed by atoms with Crippen molar-refractivity contribution in [3.8, 4) is 11.5 Å². The van der Waals surface area contributed by atoms with Crippen molar-refractivity contribution in [3.05, 3.63) is 46.7 Å². The Labute approximate surface area is 146 Å². The molecule has 1 aromatic carbocycles. The molecule has 0 saturated carbocycles. The molecular weight excluding hydrogens is 348 g/mol. The lowest BCUT2D eigenvalue weighted by atomic mass is 10.2. The normalized spacial score (nSPS) is 15.1. The molecule has 9 heteroatoms. The molecular formula is C16H14N2O6S. The second-order valence-corrected chi connectivity index (χ2v) is 5.90. The van der Waals surface area contributed by atoms with Gasteiger partial charge in [-0.05, 0) is 23.6 Å². The summed E-state index contributed by atoms with van der Waals surface area (Å²) in [4.78, 5) is 35.6. The number of carbonyl (C=O) groups excluding carboxylic acids is 3. The van der Waals surface area contributed by atoms with Crippen LogP contribution in [0.2, 0.25) is 0 Å². The second-order valence-electron chi connectivity index (χ2n) is 4.96. The first-order chi connectivity index (χ1) is 12.1. The first-order valence-corrected chi connectivity index (χ1v) is 8.19. The number of amides is 2. The molecule has 1 aliphatic rings. The zero-order chi connectivity index (χ0) is 17.6. The Morgan fingerprint density at radius 3 is 2.68 bits per heavy atom. The summed E-state index contributed by atoms with van der Waals surface area (Å²) in [5, 5.41) is 1.72. The van der Waals surface area contributed by atoms with Gasteiger partial charge in [-0.1, -0.05) is 18.2 Å². The van der Waals surface area contributed by atoms with E-state index in [1.807, 2.05) is 0 Å². The summed E-state index contributed by atoms with van der Waals surface area (Å²) in [5.74, 6) is -0.846. The molecule has 8 nitrogen and oxygen atoms in total. The van der Waals surface area contributed by atoms with Crippen molar-refractivity contribution < 1.29 is 28.6 Å². The van der Waals surface area contributed by atoms with Crippen molar-refractivity contribution in [1.82, 2.24) is 10.9 Å². The highest BCUT2D eigenvalue weighted by Crippen LogP contribution is 2.30. The molecule has 1 aliphatic heterocycles.